The molecule has 138 valence electrons. The van der Waals surface area contributed by atoms with Crippen LogP contribution in [-0.2, 0) is 14.8 Å². The van der Waals surface area contributed by atoms with Crippen LogP contribution in [0.15, 0.2) is 52.7 Å². The van der Waals surface area contributed by atoms with Crippen molar-refractivity contribution in [3.05, 3.63) is 53.9 Å². The van der Waals surface area contributed by atoms with Gasteiger partial charge < -0.3 is 4.74 Å². The van der Waals surface area contributed by atoms with Gasteiger partial charge in [-0.2, -0.15) is 9.41 Å². The first-order chi connectivity index (χ1) is 12.3. The minimum atomic E-state index is -3.80. The fraction of sp³-hybridized carbons (Fsp3) is 0.235. The van der Waals surface area contributed by atoms with Crippen LogP contribution >= 0.6 is 0 Å². The third-order valence-electron chi connectivity index (χ3n) is 3.53. The number of hydrogen-bond donors (Lipinski definition) is 1. The van der Waals surface area contributed by atoms with E-state index in [0.29, 0.717) is 16.9 Å². The van der Waals surface area contributed by atoms with Crippen LogP contribution in [0.25, 0.3) is 0 Å². The average molecular weight is 376 g/mol. The van der Waals surface area contributed by atoms with Gasteiger partial charge in [0.15, 0.2) is 0 Å². The summed E-state index contributed by atoms with van der Waals surface area (Å²) < 4.78 is 31.2. The zero-order valence-corrected chi connectivity index (χ0v) is 15.5. The minimum Gasteiger partial charge on any atom is -0.496 e. The number of carbonyl (C=O) groups excluding carboxylic acids is 1. The maximum absolute atomic E-state index is 12.6. The molecular weight excluding hydrogens is 356 g/mol. The van der Waals surface area contributed by atoms with Crippen LogP contribution in [0.1, 0.15) is 11.1 Å². The maximum Gasteiger partial charge on any atom is 0.255 e. The van der Waals surface area contributed by atoms with Gasteiger partial charge in [-0.25, -0.2) is 13.8 Å². The number of ether oxygens (including phenoxy) is 1. The summed E-state index contributed by atoms with van der Waals surface area (Å²) >= 11 is 0. The van der Waals surface area contributed by atoms with Gasteiger partial charge in [0.25, 0.3) is 5.91 Å². The Morgan fingerprint density at radius 2 is 2.15 bits per heavy atom. The van der Waals surface area contributed by atoms with E-state index in [1.807, 2.05) is 0 Å². The highest BCUT2D eigenvalue weighted by Gasteiger charge is 2.23. The van der Waals surface area contributed by atoms with Crippen molar-refractivity contribution >= 4 is 22.1 Å². The molecule has 0 radical (unpaired) electrons. The Hall–Kier alpha value is -2.78. The predicted octanol–water partition coefficient (Wildman–Crippen LogP) is 1.17. The maximum atomic E-state index is 12.6. The van der Waals surface area contributed by atoms with Crippen LogP contribution in [0.5, 0.6) is 5.75 Å². The SMILES string of the molecule is COc1ccc(S(=O)(=O)N(C)CC(=O)N/N=C\c2cccnc2)cc1C. The molecule has 0 aliphatic heterocycles. The number of hydrogen-bond acceptors (Lipinski definition) is 6. The van der Waals surface area contributed by atoms with Gasteiger partial charge in [-0.05, 0) is 36.8 Å². The van der Waals surface area contributed by atoms with Gasteiger partial charge in [-0.3, -0.25) is 9.78 Å². The van der Waals surface area contributed by atoms with Crippen LogP contribution in [0.3, 0.4) is 0 Å². The van der Waals surface area contributed by atoms with E-state index in [4.69, 9.17) is 4.74 Å². The molecule has 2 aromatic rings. The molecular formula is C17H20N4O4S. The largest absolute Gasteiger partial charge is 0.496 e. The number of amides is 1. The minimum absolute atomic E-state index is 0.0879. The number of likely N-dealkylation sites (N-methyl/N-ethyl adjacent to an activating group) is 1. The fourth-order valence-corrected chi connectivity index (χ4v) is 3.36. The highest BCUT2D eigenvalue weighted by Crippen LogP contribution is 2.23. The molecule has 0 saturated heterocycles. The van der Waals surface area contributed by atoms with Gasteiger partial charge in [0.2, 0.25) is 10.0 Å². The number of hydrazone groups is 1. The number of rotatable bonds is 7. The second-order valence-electron chi connectivity index (χ2n) is 5.47. The number of pyridine rings is 1. The average Bonchev–Trinajstić information content (AvgIpc) is 2.62. The van der Waals surface area contributed by atoms with Crippen molar-refractivity contribution in [3.8, 4) is 5.75 Å². The van der Waals surface area contributed by atoms with Crippen molar-refractivity contribution in [1.82, 2.24) is 14.7 Å². The second kappa shape index (κ2) is 8.54. The molecule has 0 spiro atoms. The van der Waals surface area contributed by atoms with Crippen LogP contribution in [-0.4, -0.2) is 50.5 Å². The van der Waals surface area contributed by atoms with Crippen molar-refractivity contribution in [2.24, 2.45) is 5.10 Å². The van der Waals surface area contributed by atoms with Gasteiger partial charge in [-0.1, -0.05) is 6.07 Å². The number of aryl methyl sites for hydroxylation is 1. The number of aromatic nitrogens is 1. The first-order valence-corrected chi connectivity index (χ1v) is 9.11. The molecule has 0 saturated carbocycles. The summed E-state index contributed by atoms with van der Waals surface area (Å²) in [6.45, 7) is 1.38. The van der Waals surface area contributed by atoms with Gasteiger partial charge >= 0.3 is 0 Å². The Bertz CT molecular complexity index is 898. The first-order valence-electron chi connectivity index (χ1n) is 7.67. The molecule has 1 heterocycles. The number of carbonyl (C=O) groups is 1. The summed E-state index contributed by atoms with van der Waals surface area (Å²) in [4.78, 5) is 15.9. The summed E-state index contributed by atoms with van der Waals surface area (Å²) in [5, 5.41) is 3.78. The summed E-state index contributed by atoms with van der Waals surface area (Å²) in [7, 11) is -0.958. The van der Waals surface area contributed by atoms with E-state index in [0.717, 1.165) is 4.31 Å². The van der Waals surface area contributed by atoms with E-state index >= 15 is 0 Å². The highest BCUT2D eigenvalue weighted by molar-refractivity contribution is 7.89. The van der Waals surface area contributed by atoms with Gasteiger partial charge in [0.05, 0.1) is 24.8 Å². The number of sulfonamides is 1. The first kappa shape index (κ1) is 19.5. The lowest BCUT2D eigenvalue weighted by molar-refractivity contribution is -0.121. The lowest BCUT2D eigenvalue weighted by atomic mass is 10.2. The van der Waals surface area contributed by atoms with E-state index in [9.17, 15) is 13.2 Å². The summed E-state index contributed by atoms with van der Waals surface area (Å²) in [6.07, 6.45) is 4.63. The van der Waals surface area contributed by atoms with Gasteiger partial charge in [-0.15, -0.1) is 0 Å². The Morgan fingerprint density at radius 1 is 1.38 bits per heavy atom. The molecule has 1 N–H and O–H groups in total. The molecule has 9 heteroatoms. The van der Waals surface area contributed by atoms with E-state index in [-0.39, 0.29) is 11.4 Å². The fourth-order valence-electron chi connectivity index (χ4n) is 2.15. The Balaban J connectivity index is 2.01. The number of nitrogens with zero attached hydrogens (tertiary/aromatic N) is 3. The Kier molecular flexibility index (Phi) is 6.42. The van der Waals surface area contributed by atoms with Crippen LogP contribution in [0, 0.1) is 6.92 Å². The van der Waals surface area contributed by atoms with E-state index in [1.54, 1.807) is 37.5 Å². The molecule has 26 heavy (non-hydrogen) atoms. The topological polar surface area (TPSA) is 101 Å². The molecule has 0 fully saturated rings. The van der Waals surface area contributed by atoms with E-state index < -0.39 is 15.9 Å². The monoisotopic (exact) mass is 376 g/mol. The van der Waals surface area contributed by atoms with Crippen LogP contribution in [0.4, 0.5) is 0 Å². The zero-order chi connectivity index (χ0) is 19.2. The third kappa shape index (κ3) is 4.87. The number of benzene rings is 1. The lowest BCUT2D eigenvalue weighted by Gasteiger charge is -2.17. The Morgan fingerprint density at radius 3 is 2.77 bits per heavy atom. The lowest BCUT2D eigenvalue weighted by Crippen LogP contribution is -2.36. The van der Waals surface area contributed by atoms with Crippen LogP contribution < -0.4 is 10.2 Å². The van der Waals surface area contributed by atoms with Gasteiger partial charge in [0, 0.05) is 25.0 Å². The molecule has 2 rings (SSSR count). The van der Waals surface area contributed by atoms with Crippen molar-refractivity contribution in [2.75, 3.05) is 20.7 Å². The number of nitrogens with one attached hydrogen (secondary N) is 1. The molecule has 1 aromatic carbocycles. The molecule has 1 amide bonds. The smallest absolute Gasteiger partial charge is 0.255 e. The summed E-state index contributed by atoms with van der Waals surface area (Å²) in [5.41, 5.74) is 3.69. The van der Waals surface area contributed by atoms with Crippen molar-refractivity contribution in [2.45, 2.75) is 11.8 Å². The second-order valence-corrected chi connectivity index (χ2v) is 7.52. The quantitative estimate of drug-likeness (QED) is 0.577. The molecule has 0 aliphatic rings. The van der Waals surface area contributed by atoms with E-state index in [2.05, 4.69) is 15.5 Å². The molecule has 8 nitrogen and oxygen atoms in total. The third-order valence-corrected chi connectivity index (χ3v) is 5.33. The number of methoxy groups -OCH3 is 1. The van der Waals surface area contributed by atoms with Crippen molar-refractivity contribution < 1.29 is 17.9 Å². The zero-order valence-electron chi connectivity index (χ0n) is 14.7. The standard InChI is InChI=1S/C17H20N4O4S/c1-13-9-15(6-7-16(13)25-3)26(23,24)21(2)12-17(22)20-19-11-14-5-4-8-18-10-14/h4-11H,12H2,1-3H3,(H,20,22)/b19-11-. The van der Waals surface area contributed by atoms with Crippen molar-refractivity contribution in [1.29, 1.82) is 0 Å². The molecule has 0 aliphatic carbocycles. The van der Waals surface area contributed by atoms with Crippen molar-refractivity contribution in [3.63, 3.8) is 0 Å². The molecule has 0 atom stereocenters. The van der Waals surface area contributed by atoms with Crippen LogP contribution in [0.2, 0.25) is 0 Å². The Labute approximate surface area is 152 Å². The molecule has 0 unspecified atom stereocenters. The molecule has 0 bridgehead atoms. The summed E-state index contributed by atoms with van der Waals surface area (Å²) in [6, 6.07) is 8.03. The van der Waals surface area contributed by atoms with Gasteiger partial charge in [0.1, 0.15) is 5.75 Å². The normalized spacial score (nSPS) is 11.7. The highest BCUT2D eigenvalue weighted by atomic mass is 32.2. The summed E-state index contributed by atoms with van der Waals surface area (Å²) in [5.74, 6) is 0.0375. The molecule has 1 aromatic heterocycles. The predicted molar refractivity (Wildman–Crippen MR) is 97.5 cm³/mol. The van der Waals surface area contributed by atoms with E-state index in [1.165, 1.54) is 32.5 Å².